The molecule has 3 fully saturated rings. The van der Waals surface area contributed by atoms with E-state index in [0.29, 0.717) is 23.8 Å². The van der Waals surface area contributed by atoms with E-state index in [1.165, 1.54) is 51.6 Å². The fraction of sp³-hybridized carbons (Fsp3) is 0.938. The van der Waals surface area contributed by atoms with Crippen LogP contribution in [0.5, 0.6) is 0 Å². The van der Waals surface area contributed by atoms with E-state index >= 15 is 0 Å². The first-order valence-corrected chi connectivity index (χ1v) is 8.23. The minimum atomic E-state index is 0.366. The predicted molar refractivity (Wildman–Crippen MR) is 75.2 cm³/mol. The average molecular weight is 265 g/mol. The van der Waals surface area contributed by atoms with Crippen molar-refractivity contribution in [2.45, 2.75) is 69.9 Å². The van der Waals surface area contributed by atoms with Gasteiger partial charge in [-0.25, -0.2) is 0 Å². The second kappa shape index (κ2) is 6.36. The topological polar surface area (TPSA) is 29.5 Å². The van der Waals surface area contributed by atoms with Crippen molar-refractivity contribution in [2.24, 2.45) is 5.92 Å². The largest absolute Gasteiger partial charge is 0.378 e. The van der Waals surface area contributed by atoms with Gasteiger partial charge in [0, 0.05) is 25.0 Å². The van der Waals surface area contributed by atoms with E-state index in [1.54, 1.807) is 0 Å². The average Bonchev–Trinajstić information content (AvgIpc) is 3.10. The molecule has 3 rings (SSSR count). The van der Waals surface area contributed by atoms with E-state index in [4.69, 9.17) is 4.74 Å². The number of ether oxygens (including phenoxy) is 1. The van der Waals surface area contributed by atoms with Crippen LogP contribution in [0.25, 0.3) is 0 Å². The number of likely N-dealkylation sites (tertiary alicyclic amines) is 1. The van der Waals surface area contributed by atoms with Crippen LogP contribution in [0.2, 0.25) is 0 Å². The molecular weight excluding hydrogens is 238 g/mol. The fourth-order valence-corrected chi connectivity index (χ4v) is 4.23. The van der Waals surface area contributed by atoms with Crippen molar-refractivity contribution < 1.29 is 9.53 Å². The van der Waals surface area contributed by atoms with Crippen LogP contribution < -0.4 is 0 Å². The molecule has 3 atom stereocenters. The lowest BCUT2D eigenvalue weighted by atomic mass is 9.95. The van der Waals surface area contributed by atoms with Gasteiger partial charge in [0.2, 0.25) is 0 Å². The number of hydrogen-bond donors (Lipinski definition) is 0. The minimum Gasteiger partial charge on any atom is -0.378 e. The number of ketones is 1. The molecule has 0 radical (unpaired) electrons. The van der Waals surface area contributed by atoms with Gasteiger partial charge in [0.15, 0.2) is 0 Å². The Hall–Kier alpha value is -0.410. The SMILES string of the molecule is O=C1CCCC1C1CCCN1CCCC1CCCO1. The van der Waals surface area contributed by atoms with Gasteiger partial charge in [-0.1, -0.05) is 0 Å². The van der Waals surface area contributed by atoms with Crippen molar-refractivity contribution in [3.63, 3.8) is 0 Å². The zero-order chi connectivity index (χ0) is 13.1. The summed E-state index contributed by atoms with van der Waals surface area (Å²) >= 11 is 0. The highest BCUT2D eigenvalue weighted by atomic mass is 16.5. The Morgan fingerprint density at radius 3 is 2.84 bits per heavy atom. The van der Waals surface area contributed by atoms with E-state index in [0.717, 1.165) is 25.9 Å². The number of Topliss-reactive ketones (excluding diaryl/α,β-unsaturated/α-hetero) is 1. The Balaban J connectivity index is 1.45. The van der Waals surface area contributed by atoms with Crippen LogP contribution in [-0.4, -0.2) is 42.5 Å². The van der Waals surface area contributed by atoms with Crippen LogP contribution in [0.4, 0.5) is 0 Å². The zero-order valence-corrected chi connectivity index (χ0v) is 12.0. The number of nitrogens with zero attached hydrogens (tertiary/aromatic N) is 1. The highest BCUT2D eigenvalue weighted by Crippen LogP contribution is 2.33. The molecule has 3 nitrogen and oxygen atoms in total. The third kappa shape index (κ3) is 3.19. The molecule has 19 heavy (non-hydrogen) atoms. The molecule has 2 saturated heterocycles. The van der Waals surface area contributed by atoms with Crippen LogP contribution >= 0.6 is 0 Å². The molecule has 3 aliphatic rings. The molecule has 108 valence electrons. The molecular formula is C16H27NO2. The monoisotopic (exact) mass is 265 g/mol. The molecule has 2 aliphatic heterocycles. The molecule has 0 aromatic heterocycles. The summed E-state index contributed by atoms with van der Waals surface area (Å²) in [5, 5.41) is 0. The Morgan fingerprint density at radius 2 is 2.11 bits per heavy atom. The van der Waals surface area contributed by atoms with Crippen LogP contribution in [0.15, 0.2) is 0 Å². The summed E-state index contributed by atoms with van der Waals surface area (Å²) in [4.78, 5) is 14.5. The number of carbonyl (C=O) groups excluding carboxylic acids is 1. The molecule has 0 amide bonds. The Labute approximate surface area is 116 Å². The van der Waals surface area contributed by atoms with Gasteiger partial charge in [0.05, 0.1) is 6.10 Å². The molecule has 0 N–H and O–H groups in total. The summed E-state index contributed by atoms with van der Waals surface area (Å²) < 4.78 is 5.69. The van der Waals surface area contributed by atoms with E-state index in [9.17, 15) is 4.79 Å². The first-order chi connectivity index (χ1) is 9.34. The Morgan fingerprint density at radius 1 is 1.16 bits per heavy atom. The summed E-state index contributed by atoms with van der Waals surface area (Å²) in [7, 11) is 0. The van der Waals surface area contributed by atoms with Crippen LogP contribution in [0.1, 0.15) is 57.8 Å². The second-order valence-electron chi connectivity index (χ2n) is 6.49. The van der Waals surface area contributed by atoms with Gasteiger partial charge in [-0.15, -0.1) is 0 Å². The van der Waals surface area contributed by atoms with Gasteiger partial charge in [-0.05, 0) is 64.5 Å². The van der Waals surface area contributed by atoms with Crippen molar-refractivity contribution in [3.05, 3.63) is 0 Å². The molecule has 3 unspecified atom stereocenters. The van der Waals surface area contributed by atoms with Gasteiger partial charge in [-0.2, -0.15) is 0 Å². The van der Waals surface area contributed by atoms with Crippen LogP contribution in [0.3, 0.4) is 0 Å². The molecule has 0 aromatic carbocycles. The highest BCUT2D eigenvalue weighted by molar-refractivity contribution is 5.83. The maximum absolute atomic E-state index is 11.9. The Kier molecular flexibility index (Phi) is 4.54. The van der Waals surface area contributed by atoms with Gasteiger partial charge < -0.3 is 4.74 Å². The smallest absolute Gasteiger partial charge is 0.137 e. The van der Waals surface area contributed by atoms with Crippen molar-refractivity contribution in [1.29, 1.82) is 0 Å². The van der Waals surface area contributed by atoms with Gasteiger partial charge in [-0.3, -0.25) is 9.69 Å². The third-order valence-corrected chi connectivity index (χ3v) is 5.23. The lowest BCUT2D eigenvalue weighted by Crippen LogP contribution is -2.38. The maximum Gasteiger partial charge on any atom is 0.137 e. The minimum absolute atomic E-state index is 0.366. The maximum atomic E-state index is 11.9. The summed E-state index contributed by atoms with van der Waals surface area (Å²) in [5.41, 5.74) is 0. The van der Waals surface area contributed by atoms with Crippen molar-refractivity contribution in [2.75, 3.05) is 19.7 Å². The van der Waals surface area contributed by atoms with E-state index in [2.05, 4.69) is 4.90 Å². The van der Waals surface area contributed by atoms with Crippen LogP contribution in [0, 0.1) is 5.92 Å². The third-order valence-electron chi connectivity index (χ3n) is 5.23. The van der Waals surface area contributed by atoms with E-state index < -0.39 is 0 Å². The van der Waals surface area contributed by atoms with Crippen molar-refractivity contribution in [1.82, 2.24) is 4.90 Å². The predicted octanol–water partition coefficient (Wildman–Crippen LogP) is 2.78. The Bertz CT molecular complexity index is 312. The lowest BCUT2D eigenvalue weighted by Gasteiger charge is -2.28. The molecule has 0 spiro atoms. The number of hydrogen-bond acceptors (Lipinski definition) is 3. The van der Waals surface area contributed by atoms with Gasteiger partial charge in [0.1, 0.15) is 5.78 Å². The van der Waals surface area contributed by atoms with Crippen LogP contribution in [-0.2, 0) is 9.53 Å². The molecule has 1 aliphatic carbocycles. The molecule has 3 heteroatoms. The summed E-state index contributed by atoms with van der Waals surface area (Å²) in [6, 6.07) is 0.569. The van der Waals surface area contributed by atoms with Gasteiger partial charge >= 0.3 is 0 Å². The first-order valence-electron chi connectivity index (χ1n) is 8.23. The summed E-state index contributed by atoms with van der Waals surface area (Å²) in [5.74, 6) is 0.904. The lowest BCUT2D eigenvalue weighted by molar-refractivity contribution is -0.122. The molecule has 0 bridgehead atoms. The van der Waals surface area contributed by atoms with Crippen molar-refractivity contribution in [3.8, 4) is 0 Å². The quantitative estimate of drug-likeness (QED) is 0.765. The van der Waals surface area contributed by atoms with Crippen molar-refractivity contribution >= 4 is 5.78 Å². The standard InChI is InChI=1S/C16H27NO2/c18-16-9-1-7-14(16)15-8-3-11-17(15)10-2-5-13-6-4-12-19-13/h13-15H,1-12H2. The first kappa shape index (κ1) is 13.6. The highest BCUT2D eigenvalue weighted by Gasteiger charge is 2.37. The van der Waals surface area contributed by atoms with Gasteiger partial charge in [0.25, 0.3) is 0 Å². The second-order valence-corrected chi connectivity index (χ2v) is 6.49. The number of carbonyl (C=O) groups is 1. The van der Waals surface area contributed by atoms with E-state index in [-0.39, 0.29) is 0 Å². The molecule has 0 aromatic rings. The number of rotatable bonds is 5. The molecule has 2 heterocycles. The summed E-state index contributed by atoms with van der Waals surface area (Å²) in [6.07, 6.45) is 11.1. The summed E-state index contributed by atoms with van der Waals surface area (Å²) in [6.45, 7) is 3.35. The normalized spacial score (nSPS) is 36.4. The molecule has 1 saturated carbocycles. The van der Waals surface area contributed by atoms with E-state index in [1.807, 2.05) is 0 Å². The fourth-order valence-electron chi connectivity index (χ4n) is 4.23. The zero-order valence-electron chi connectivity index (χ0n) is 12.0.